The number of hydrogen-bond donors (Lipinski definition) is 0. The van der Waals surface area contributed by atoms with Gasteiger partial charge in [0.1, 0.15) is 17.1 Å². The average Bonchev–Trinajstić information content (AvgIpc) is 2.69. The van der Waals surface area contributed by atoms with Crippen LogP contribution < -0.4 is 9.47 Å². The summed E-state index contributed by atoms with van der Waals surface area (Å²) in [7, 11) is 1.64. The highest BCUT2D eigenvalue weighted by Crippen LogP contribution is 2.54. The monoisotopic (exact) mass is 260 g/mol. The van der Waals surface area contributed by atoms with Crippen LogP contribution in [0.1, 0.15) is 61.4 Å². The molecule has 0 N–H and O–H groups in total. The van der Waals surface area contributed by atoms with E-state index in [1.54, 1.807) is 20.1 Å². The SMILES string of the molecule is COc1cc(C(C)=O)c2c(c1)C1CCCCC1(C)O2. The van der Waals surface area contributed by atoms with Crippen LogP contribution in [0.3, 0.4) is 0 Å². The van der Waals surface area contributed by atoms with Crippen LogP contribution in [0.5, 0.6) is 11.5 Å². The maximum atomic E-state index is 11.8. The largest absolute Gasteiger partial charge is 0.497 e. The van der Waals surface area contributed by atoms with Crippen molar-refractivity contribution in [3.63, 3.8) is 0 Å². The minimum Gasteiger partial charge on any atom is -0.497 e. The van der Waals surface area contributed by atoms with Crippen LogP contribution >= 0.6 is 0 Å². The Hall–Kier alpha value is -1.51. The van der Waals surface area contributed by atoms with E-state index in [4.69, 9.17) is 9.47 Å². The van der Waals surface area contributed by atoms with Crippen molar-refractivity contribution in [1.82, 2.24) is 0 Å². The van der Waals surface area contributed by atoms with Crippen molar-refractivity contribution in [2.75, 3.05) is 7.11 Å². The number of ketones is 1. The van der Waals surface area contributed by atoms with Gasteiger partial charge in [0, 0.05) is 11.5 Å². The molecule has 1 fully saturated rings. The summed E-state index contributed by atoms with van der Waals surface area (Å²) in [5.74, 6) is 1.98. The number of benzene rings is 1. The lowest BCUT2D eigenvalue weighted by Gasteiger charge is -2.35. The topological polar surface area (TPSA) is 35.5 Å². The van der Waals surface area contributed by atoms with E-state index in [0.717, 1.165) is 29.9 Å². The molecule has 1 aliphatic carbocycles. The molecule has 0 spiro atoms. The standard InChI is InChI=1S/C16H20O3/c1-10(17)12-8-11(18-3)9-13-14-6-4-5-7-16(14,2)19-15(12)13/h8-9,14H,4-7H2,1-3H3. The fourth-order valence-corrected chi connectivity index (χ4v) is 3.52. The van der Waals surface area contributed by atoms with Crippen molar-refractivity contribution < 1.29 is 14.3 Å². The Morgan fingerprint density at radius 1 is 1.42 bits per heavy atom. The number of rotatable bonds is 2. The molecule has 1 aromatic carbocycles. The summed E-state index contributed by atoms with van der Waals surface area (Å²) in [6.45, 7) is 3.76. The zero-order chi connectivity index (χ0) is 13.6. The Kier molecular flexibility index (Phi) is 2.80. The van der Waals surface area contributed by atoms with Crippen molar-refractivity contribution in [2.24, 2.45) is 0 Å². The molecular formula is C16H20O3. The number of ether oxygens (including phenoxy) is 2. The number of methoxy groups -OCH3 is 1. The lowest BCUT2D eigenvalue weighted by molar-refractivity contribution is 0.0540. The van der Waals surface area contributed by atoms with E-state index in [9.17, 15) is 4.79 Å². The third-order valence-corrected chi connectivity index (χ3v) is 4.57. The number of carbonyl (C=O) groups is 1. The van der Waals surface area contributed by atoms with Gasteiger partial charge in [-0.2, -0.15) is 0 Å². The van der Waals surface area contributed by atoms with Crippen LogP contribution in [0.25, 0.3) is 0 Å². The molecular weight excluding hydrogens is 240 g/mol. The molecule has 3 nitrogen and oxygen atoms in total. The van der Waals surface area contributed by atoms with Gasteiger partial charge in [0.05, 0.1) is 12.7 Å². The van der Waals surface area contributed by atoms with Crippen LogP contribution in [0.4, 0.5) is 0 Å². The molecule has 1 heterocycles. The lowest BCUT2D eigenvalue weighted by atomic mass is 9.74. The highest BCUT2D eigenvalue weighted by atomic mass is 16.5. The van der Waals surface area contributed by atoms with Gasteiger partial charge >= 0.3 is 0 Å². The summed E-state index contributed by atoms with van der Waals surface area (Å²) in [6, 6.07) is 3.84. The molecule has 0 saturated heterocycles. The molecule has 0 amide bonds. The van der Waals surface area contributed by atoms with Gasteiger partial charge < -0.3 is 9.47 Å². The minimum atomic E-state index is -0.142. The number of hydrogen-bond acceptors (Lipinski definition) is 3. The summed E-state index contributed by atoms with van der Waals surface area (Å²) >= 11 is 0. The molecule has 19 heavy (non-hydrogen) atoms. The Balaban J connectivity index is 2.16. The highest BCUT2D eigenvalue weighted by molar-refractivity contribution is 5.98. The second kappa shape index (κ2) is 4.26. The van der Waals surface area contributed by atoms with E-state index in [1.807, 2.05) is 6.07 Å². The van der Waals surface area contributed by atoms with Gasteiger partial charge in [-0.05, 0) is 45.2 Å². The Labute approximate surface area is 113 Å². The highest BCUT2D eigenvalue weighted by Gasteiger charge is 2.47. The summed E-state index contributed by atoms with van der Waals surface area (Å²) in [6.07, 6.45) is 4.63. The van der Waals surface area contributed by atoms with E-state index in [0.29, 0.717) is 11.5 Å². The molecule has 3 rings (SSSR count). The van der Waals surface area contributed by atoms with Gasteiger partial charge in [-0.3, -0.25) is 4.79 Å². The van der Waals surface area contributed by atoms with Gasteiger partial charge in [-0.1, -0.05) is 6.42 Å². The number of carbonyl (C=O) groups excluding carboxylic acids is 1. The molecule has 0 aromatic heterocycles. The molecule has 1 aromatic rings. The van der Waals surface area contributed by atoms with Crippen molar-refractivity contribution in [3.8, 4) is 11.5 Å². The van der Waals surface area contributed by atoms with E-state index >= 15 is 0 Å². The van der Waals surface area contributed by atoms with E-state index in [-0.39, 0.29) is 11.4 Å². The molecule has 102 valence electrons. The summed E-state index contributed by atoms with van der Waals surface area (Å²) in [5.41, 5.74) is 1.67. The van der Waals surface area contributed by atoms with Gasteiger partial charge in [0.2, 0.25) is 0 Å². The van der Waals surface area contributed by atoms with E-state index in [1.165, 1.54) is 12.8 Å². The van der Waals surface area contributed by atoms with E-state index < -0.39 is 0 Å². The molecule has 2 unspecified atom stereocenters. The molecule has 0 bridgehead atoms. The van der Waals surface area contributed by atoms with Crippen LogP contribution in [-0.4, -0.2) is 18.5 Å². The van der Waals surface area contributed by atoms with Crippen LogP contribution in [0.2, 0.25) is 0 Å². The second-order valence-electron chi connectivity index (χ2n) is 5.86. The normalized spacial score (nSPS) is 28.3. The number of Topliss-reactive ketones (excluding diaryl/α,β-unsaturated/α-hetero) is 1. The van der Waals surface area contributed by atoms with Gasteiger partial charge in [0.15, 0.2) is 5.78 Å². The smallest absolute Gasteiger partial charge is 0.163 e. The zero-order valence-electron chi connectivity index (χ0n) is 11.8. The third-order valence-electron chi connectivity index (χ3n) is 4.57. The van der Waals surface area contributed by atoms with Gasteiger partial charge in [-0.25, -0.2) is 0 Å². The quantitative estimate of drug-likeness (QED) is 0.760. The molecule has 3 heteroatoms. The Bertz CT molecular complexity index is 535. The maximum absolute atomic E-state index is 11.8. The first-order valence-corrected chi connectivity index (χ1v) is 6.97. The lowest BCUT2D eigenvalue weighted by Crippen LogP contribution is -2.36. The first kappa shape index (κ1) is 12.5. The first-order valence-electron chi connectivity index (χ1n) is 6.97. The Morgan fingerprint density at radius 2 is 2.21 bits per heavy atom. The van der Waals surface area contributed by atoms with Crippen LogP contribution in [0, 0.1) is 0 Å². The fraction of sp³-hybridized carbons (Fsp3) is 0.562. The molecule has 2 aliphatic rings. The summed E-state index contributed by atoms with van der Waals surface area (Å²) < 4.78 is 11.5. The van der Waals surface area contributed by atoms with Crippen molar-refractivity contribution in [2.45, 2.75) is 51.0 Å². The summed E-state index contributed by atoms with van der Waals surface area (Å²) in [4.78, 5) is 11.8. The third kappa shape index (κ3) is 1.83. The van der Waals surface area contributed by atoms with Crippen LogP contribution in [-0.2, 0) is 0 Å². The molecule has 2 atom stereocenters. The zero-order valence-corrected chi connectivity index (χ0v) is 11.8. The minimum absolute atomic E-state index is 0.0393. The molecule has 1 saturated carbocycles. The van der Waals surface area contributed by atoms with Crippen LogP contribution in [0.15, 0.2) is 12.1 Å². The predicted molar refractivity (Wildman–Crippen MR) is 73.2 cm³/mol. The van der Waals surface area contributed by atoms with Crippen molar-refractivity contribution >= 4 is 5.78 Å². The predicted octanol–water partition coefficient (Wildman–Crippen LogP) is 3.71. The average molecular weight is 260 g/mol. The van der Waals surface area contributed by atoms with Gasteiger partial charge in [0.25, 0.3) is 0 Å². The number of fused-ring (bicyclic) bond motifs is 3. The van der Waals surface area contributed by atoms with Crippen molar-refractivity contribution in [3.05, 3.63) is 23.3 Å². The van der Waals surface area contributed by atoms with E-state index in [2.05, 4.69) is 6.92 Å². The molecule has 0 radical (unpaired) electrons. The fourth-order valence-electron chi connectivity index (χ4n) is 3.52. The van der Waals surface area contributed by atoms with Crippen molar-refractivity contribution in [1.29, 1.82) is 0 Å². The second-order valence-corrected chi connectivity index (χ2v) is 5.86. The maximum Gasteiger partial charge on any atom is 0.163 e. The Morgan fingerprint density at radius 3 is 2.89 bits per heavy atom. The molecule has 1 aliphatic heterocycles. The first-order chi connectivity index (χ1) is 9.05. The van der Waals surface area contributed by atoms with Gasteiger partial charge in [-0.15, -0.1) is 0 Å². The summed E-state index contributed by atoms with van der Waals surface area (Å²) in [5, 5.41) is 0.